The summed E-state index contributed by atoms with van der Waals surface area (Å²) < 4.78 is 7.31. The van der Waals surface area contributed by atoms with Gasteiger partial charge < -0.3 is 4.74 Å². The summed E-state index contributed by atoms with van der Waals surface area (Å²) in [6.45, 7) is 5.38. The Morgan fingerprint density at radius 2 is 1.71 bits per heavy atom. The van der Waals surface area contributed by atoms with Crippen molar-refractivity contribution in [2.45, 2.75) is 13.5 Å². The van der Waals surface area contributed by atoms with Gasteiger partial charge in [0.1, 0.15) is 12.9 Å². The molecule has 1 aromatic heterocycles. The third-order valence-electron chi connectivity index (χ3n) is 3.64. The Morgan fingerprint density at radius 1 is 1.08 bits per heavy atom. The van der Waals surface area contributed by atoms with E-state index in [9.17, 15) is 4.79 Å². The predicted octanol–water partition coefficient (Wildman–Crippen LogP) is 4.16. The molecule has 0 saturated carbocycles. The topological polar surface area (TPSA) is 44.1 Å². The lowest BCUT2D eigenvalue weighted by molar-refractivity contribution is -0.140. The van der Waals surface area contributed by atoms with Crippen LogP contribution in [-0.4, -0.2) is 15.5 Å². The first-order valence-electron chi connectivity index (χ1n) is 7.66. The summed E-state index contributed by atoms with van der Waals surface area (Å²) >= 11 is 0. The van der Waals surface area contributed by atoms with Crippen LogP contribution in [0.3, 0.4) is 0 Å². The van der Waals surface area contributed by atoms with Gasteiger partial charge in [-0.25, -0.2) is 9.78 Å². The van der Waals surface area contributed by atoms with Crippen molar-refractivity contribution in [2.75, 3.05) is 0 Å². The number of benzene rings is 2. The minimum atomic E-state index is -0.408. The Balaban J connectivity index is 2.02. The van der Waals surface area contributed by atoms with E-state index in [-0.39, 0.29) is 6.61 Å². The minimum absolute atomic E-state index is 0.130. The van der Waals surface area contributed by atoms with Crippen LogP contribution in [0.1, 0.15) is 12.6 Å². The van der Waals surface area contributed by atoms with Gasteiger partial charge in [0, 0.05) is 16.8 Å². The maximum atomic E-state index is 11.8. The van der Waals surface area contributed by atoms with Gasteiger partial charge in [0.05, 0.1) is 11.4 Å². The molecule has 4 heteroatoms. The van der Waals surface area contributed by atoms with Crippen LogP contribution in [0.25, 0.3) is 16.9 Å². The first-order valence-corrected chi connectivity index (χ1v) is 7.66. The van der Waals surface area contributed by atoms with Crippen molar-refractivity contribution in [3.63, 3.8) is 0 Å². The van der Waals surface area contributed by atoms with Crippen LogP contribution in [0.2, 0.25) is 0 Å². The lowest BCUT2D eigenvalue weighted by Crippen LogP contribution is -2.09. The third kappa shape index (κ3) is 3.27. The van der Waals surface area contributed by atoms with Crippen LogP contribution in [0.5, 0.6) is 0 Å². The lowest BCUT2D eigenvalue weighted by atomic mass is 10.1. The SMILES string of the molecule is C=C(C)C(=O)OCc1c(-c2ccccc2)ncn1-c1ccccc1. The fourth-order valence-corrected chi connectivity index (χ4v) is 2.42. The fraction of sp³-hybridized carbons (Fsp3) is 0.100. The van der Waals surface area contributed by atoms with E-state index in [1.165, 1.54) is 0 Å². The summed E-state index contributed by atoms with van der Waals surface area (Å²) in [6.07, 6.45) is 1.75. The summed E-state index contributed by atoms with van der Waals surface area (Å²) in [5.41, 5.74) is 3.94. The summed E-state index contributed by atoms with van der Waals surface area (Å²) in [5.74, 6) is -0.408. The van der Waals surface area contributed by atoms with E-state index in [2.05, 4.69) is 11.6 Å². The van der Waals surface area contributed by atoms with Crippen LogP contribution in [0, 0.1) is 0 Å². The highest BCUT2D eigenvalue weighted by Gasteiger charge is 2.16. The summed E-state index contributed by atoms with van der Waals surface area (Å²) in [5, 5.41) is 0. The van der Waals surface area contributed by atoms with Crippen molar-refractivity contribution < 1.29 is 9.53 Å². The number of carbonyl (C=O) groups excluding carboxylic acids is 1. The van der Waals surface area contributed by atoms with E-state index in [4.69, 9.17) is 4.74 Å². The van der Waals surface area contributed by atoms with Crippen LogP contribution in [0.15, 0.2) is 79.1 Å². The van der Waals surface area contributed by atoms with Gasteiger partial charge in [-0.1, -0.05) is 55.1 Å². The molecule has 0 aliphatic carbocycles. The van der Waals surface area contributed by atoms with E-state index in [1.807, 2.05) is 65.2 Å². The van der Waals surface area contributed by atoms with Crippen molar-refractivity contribution in [2.24, 2.45) is 0 Å². The van der Waals surface area contributed by atoms with Crippen molar-refractivity contribution in [3.05, 3.63) is 84.8 Å². The number of para-hydroxylation sites is 1. The number of hydrogen-bond donors (Lipinski definition) is 0. The molecule has 0 atom stereocenters. The molecule has 3 rings (SSSR count). The Labute approximate surface area is 141 Å². The highest BCUT2D eigenvalue weighted by molar-refractivity contribution is 5.87. The second-order valence-corrected chi connectivity index (χ2v) is 5.47. The number of imidazole rings is 1. The fourth-order valence-electron chi connectivity index (χ4n) is 2.42. The first kappa shape index (κ1) is 15.7. The number of ether oxygens (including phenoxy) is 1. The molecule has 0 spiro atoms. The Kier molecular flexibility index (Phi) is 4.57. The van der Waals surface area contributed by atoms with Crippen molar-refractivity contribution in [1.82, 2.24) is 9.55 Å². The van der Waals surface area contributed by atoms with Crippen molar-refractivity contribution in [3.8, 4) is 16.9 Å². The van der Waals surface area contributed by atoms with Gasteiger partial charge in [0.2, 0.25) is 0 Å². The van der Waals surface area contributed by atoms with Gasteiger partial charge in [-0.05, 0) is 19.1 Å². The number of carbonyl (C=O) groups is 1. The molecular formula is C20H18N2O2. The maximum absolute atomic E-state index is 11.8. The third-order valence-corrected chi connectivity index (χ3v) is 3.64. The average molecular weight is 318 g/mol. The lowest BCUT2D eigenvalue weighted by Gasteiger charge is -2.11. The van der Waals surface area contributed by atoms with Crippen molar-refractivity contribution in [1.29, 1.82) is 0 Å². The molecule has 0 radical (unpaired) electrons. The van der Waals surface area contributed by atoms with Gasteiger partial charge in [-0.15, -0.1) is 0 Å². The van der Waals surface area contributed by atoms with E-state index >= 15 is 0 Å². The first-order chi connectivity index (χ1) is 11.7. The highest BCUT2D eigenvalue weighted by Crippen LogP contribution is 2.25. The zero-order chi connectivity index (χ0) is 16.9. The van der Waals surface area contributed by atoms with Gasteiger partial charge in [0.25, 0.3) is 0 Å². The molecule has 0 N–H and O–H groups in total. The number of hydrogen-bond acceptors (Lipinski definition) is 3. The Bertz CT molecular complexity index is 795. The predicted molar refractivity (Wildman–Crippen MR) is 93.6 cm³/mol. The summed E-state index contributed by atoms with van der Waals surface area (Å²) in [4.78, 5) is 16.3. The molecule has 0 aliphatic rings. The van der Waals surface area contributed by atoms with Gasteiger partial charge in [0.15, 0.2) is 0 Å². The van der Waals surface area contributed by atoms with Gasteiger partial charge in [-0.2, -0.15) is 0 Å². The molecular weight excluding hydrogens is 300 g/mol. The number of nitrogens with zero attached hydrogens (tertiary/aromatic N) is 2. The number of esters is 1. The van der Waals surface area contributed by atoms with Crippen LogP contribution in [0.4, 0.5) is 0 Å². The Morgan fingerprint density at radius 3 is 2.33 bits per heavy atom. The molecule has 0 saturated heterocycles. The van der Waals surface area contributed by atoms with Crippen LogP contribution in [-0.2, 0) is 16.1 Å². The monoisotopic (exact) mass is 318 g/mol. The van der Waals surface area contributed by atoms with E-state index in [1.54, 1.807) is 13.3 Å². The van der Waals surface area contributed by atoms with Crippen molar-refractivity contribution >= 4 is 5.97 Å². The highest BCUT2D eigenvalue weighted by atomic mass is 16.5. The molecule has 3 aromatic rings. The molecule has 0 fully saturated rings. The second-order valence-electron chi connectivity index (χ2n) is 5.47. The molecule has 0 aliphatic heterocycles. The second kappa shape index (κ2) is 6.96. The minimum Gasteiger partial charge on any atom is -0.456 e. The number of rotatable bonds is 5. The van der Waals surface area contributed by atoms with Gasteiger partial charge in [-0.3, -0.25) is 4.57 Å². The van der Waals surface area contributed by atoms with E-state index in [0.717, 1.165) is 22.6 Å². The van der Waals surface area contributed by atoms with Gasteiger partial charge >= 0.3 is 5.97 Å². The molecule has 24 heavy (non-hydrogen) atoms. The summed E-state index contributed by atoms with van der Waals surface area (Å²) in [7, 11) is 0. The quantitative estimate of drug-likeness (QED) is 0.524. The smallest absolute Gasteiger partial charge is 0.333 e. The number of aromatic nitrogens is 2. The molecule has 0 amide bonds. The van der Waals surface area contributed by atoms with E-state index < -0.39 is 5.97 Å². The standard InChI is InChI=1S/C20H18N2O2/c1-15(2)20(23)24-13-18-19(16-9-5-3-6-10-16)21-14-22(18)17-11-7-4-8-12-17/h3-12,14H,1,13H2,2H3. The van der Waals surface area contributed by atoms with E-state index in [0.29, 0.717) is 5.57 Å². The maximum Gasteiger partial charge on any atom is 0.333 e. The zero-order valence-electron chi connectivity index (χ0n) is 13.5. The summed E-state index contributed by atoms with van der Waals surface area (Å²) in [6, 6.07) is 19.7. The molecule has 0 bridgehead atoms. The zero-order valence-corrected chi connectivity index (χ0v) is 13.5. The van der Waals surface area contributed by atoms with Crippen LogP contribution >= 0.6 is 0 Å². The molecule has 1 heterocycles. The average Bonchev–Trinajstić information content (AvgIpc) is 3.05. The molecule has 0 unspecified atom stereocenters. The molecule has 2 aromatic carbocycles. The molecule has 4 nitrogen and oxygen atoms in total. The largest absolute Gasteiger partial charge is 0.456 e. The molecule has 120 valence electrons. The van der Waals surface area contributed by atoms with Crippen LogP contribution < -0.4 is 0 Å². The Hall–Kier alpha value is -3.14. The normalized spacial score (nSPS) is 10.4.